The van der Waals surface area contributed by atoms with Gasteiger partial charge in [0.2, 0.25) is 0 Å². The molecule has 1 fully saturated rings. The Morgan fingerprint density at radius 3 is 2.43 bits per heavy atom. The van der Waals surface area contributed by atoms with Crippen molar-refractivity contribution >= 4 is 6.09 Å². The predicted octanol–water partition coefficient (Wildman–Crippen LogP) is 1.28. The van der Waals surface area contributed by atoms with Crippen LogP contribution in [0.1, 0.15) is 34.1 Å². The SMILES string of the molecule is C[C@H]1C[C@@]1(CO)NC(=O)OC(C)(C)C. The molecule has 0 aromatic heterocycles. The normalized spacial score (nSPS) is 31.1. The van der Waals surface area contributed by atoms with Crippen LogP contribution in [0.2, 0.25) is 0 Å². The zero-order valence-electron chi connectivity index (χ0n) is 9.26. The van der Waals surface area contributed by atoms with E-state index in [0.29, 0.717) is 5.92 Å². The Kier molecular flexibility index (Phi) is 2.76. The standard InChI is InChI=1S/C10H19NO3/c1-7-5-10(7,6-12)11-8(13)14-9(2,3)4/h7,12H,5-6H2,1-4H3,(H,11,13)/t7-,10-/m0/s1. The highest BCUT2D eigenvalue weighted by Gasteiger charge is 2.52. The van der Waals surface area contributed by atoms with Gasteiger partial charge in [-0.1, -0.05) is 6.92 Å². The molecule has 1 aliphatic carbocycles. The fourth-order valence-electron chi connectivity index (χ4n) is 1.43. The third kappa shape index (κ3) is 2.61. The lowest BCUT2D eigenvalue weighted by atomic mass is 10.2. The number of hydrogen-bond donors (Lipinski definition) is 2. The number of carbonyl (C=O) groups excluding carboxylic acids is 1. The van der Waals surface area contributed by atoms with Crippen LogP contribution in [0, 0.1) is 5.92 Å². The molecule has 2 atom stereocenters. The fourth-order valence-corrected chi connectivity index (χ4v) is 1.43. The van der Waals surface area contributed by atoms with Crippen LogP contribution in [0.4, 0.5) is 4.79 Å². The number of alkyl carbamates (subject to hydrolysis) is 1. The van der Waals surface area contributed by atoms with E-state index in [1.54, 1.807) is 0 Å². The molecule has 2 N–H and O–H groups in total. The van der Waals surface area contributed by atoms with Gasteiger partial charge < -0.3 is 15.2 Å². The number of rotatable bonds is 2. The molecular formula is C10H19NO3. The van der Waals surface area contributed by atoms with Gasteiger partial charge in [-0.05, 0) is 33.1 Å². The lowest BCUT2D eigenvalue weighted by Gasteiger charge is -2.22. The van der Waals surface area contributed by atoms with Gasteiger partial charge in [0, 0.05) is 0 Å². The molecule has 82 valence electrons. The molecule has 0 heterocycles. The highest BCUT2D eigenvalue weighted by atomic mass is 16.6. The van der Waals surface area contributed by atoms with Crippen LogP contribution in [0.3, 0.4) is 0 Å². The zero-order valence-corrected chi connectivity index (χ0v) is 9.26. The maximum atomic E-state index is 11.4. The second-order valence-electron chi connectivity index (χ2n) is 5.05. The molecule has 0 saturated heterocycles. The predicted molar refractivity (Wildman–Crippen MR) is 53.0 cm³/mol. The summed E-state index contributed by atoms with van der Waals surface area (Å²) in [6, 6.07) is 0. The minimum atomic E-state index is -0.487. The number of hydrogen-bond acceptors (Lipinski definition) is 3. The number of nitrogens with one attached hydrogen (secondary N) is 1. The smallest absolute Gasteiger partial charge is 0.408 e. The second kappa shape index (κ2) is 3.42. The van der Waals surface area contributed by atoms with Crippen LogP contribution in [0.25, 0.3) is 0 Å². The lowest BCUT2D eigenvalue weighted by molar-refractivity contribution is 0.0463. The van der Waals surface area contributed by atoms with Crippen molar-refractivity contribution in [3.63, 3.8) is 0 Å². The van der Waals surface area contributed by atoms with Crippen molar-refractivity contribution in [3.8, 4) is 0 Å². The number of aliphatic hydroxyl groups excluding tert-OH is 1. The molecule has 0 bridgehead atoms. The van der Waals surface area contributed by atoms with Crippen LogP contribution in [-0.4, -0.2) is 28.9 Å². The first-order chi connectivity index (χ1) is 6.29. The van der Waals surface area contributed by atoms with Crippen molar-refractivity contribution in [1.82, 2.24) is 5.32 Å². The van der Waals surface area contributed by atoms with E-state index >= 15 is 0 Å². The number of ether oxygens (including phenoxy) is 1. The Balaban J connectivity index is 2.42. The van der Waals surface area contributed by atoms with Crippen LogP contribution in [-0.2, 0) is 4.74 Å². The molecule has 4 heteroatoms. The molecule has 0 radical (unpaired) electrons. The largest absolute Gasteiger partial charge is 0.444 e. The van der Waals surface area contributed by atoms with Gasteiger partial charge in [0.15, 0.2) is 0 Å². The molecular weight excluding hydrogens is 182 g/mol. The zero-order chi connectivity index (χ0) is 11.0. The maximum absolute atomic E-state index is 11.4. The number of carbonyl (C=O) groups is 1. The molecule has 4 nitrogen and oxygen atoms in total. The first-order valence-corrected chi connectivity index (χ1v) is 4.91. The Labute approximate surface area is 84.6 Å². The summed E-state index contributed by atoms with van der Waals surface area (Å²) in [6.07, 6.45) is 0.374. The van der Waals surface area contributed by atoms with E-state index in [2.05, 4.69) is 5.32 Å². The van der Waals surface area contributed by atoms with Crippen LogP contribution in [0.5, 0.6) is 0 Å². The summed E-state index contributed by atoms with van der Waals surface area (Å²) in [5.74, 6) is 0.333. The molecule has 0 spiro atoms. The van der Waals surface area contributed by atoms with Crippen LogP contribution in [0.15, 0.2) is 0 Å². The molecule has 1 aliphatic rings. The average molecular weight is 201 g/mol. The maximum Gasteiger partial charge on any atom is 0.408 e. The molecule has 0 aromatic rings. The third-order valence-electron chi connectivity index (χ3n) is 2.49. The number of aliphatic hydroxyl groups is 1. The molecule has 1 saturated carbocycles. The summed E-state index contributed by atoms with van der Waals surface area (Å²) in [5, 5.41) is 11.8. The molecule has 1 amide bonds. The average Bonchev–Trinajstić information content (AvgIpc) is 2.58. The van der Waals surface area contributed by atoms with Gasteiger partial charge in [-0.2, -0.15) is 0 Å². The quantitative estimate of drug-likeness (QED) is 0.707. The minimum absolute atomic E-state index is 0.0204. The molecule has 1 rings (SSSR count). The van der Waals surface area contributed by atoms with Crippen molar-refractivity contribution in [3.05, 3.63) is 0 Å². The van der Waals surface area contributed by atoms with Crippen molar-refractivity contribution in [1.29, 1.82) is 0 Å². The Hall–Kier alpha value is -0.770. The highest BCUT2D eigenvalue weighted by Crippen LogP contribution is 2.42. The van der Waals surface area contributed by atoms with E-state index in [4.69, 9.17) is 9.84 Å². The minimum Gasteiger partial charge on any atom is -0.444 e. The van der Waals surface area contributed by atoms with Gasteiger partial charge in [-0.25, -0.2) is 4.79 Å². The van der Waals surface area contributed by atoms with Crippen molar-refractivity contribution in [2.24, 2.45) is 5.92 Å². The summed E-state index contributed by atoms with van der Waals surface area (Å²) in [4.78, 5) is 11.4. The summed E-state index contributed by atoms with van der Waals surface area (Å²) >= 11 is 0. The first kappa shape index (κ1) is 11.3. The summed E-state index contributed by atoms with van der Waals surface area (Å²) < 4.78 is 5.10. The van der Waals surface area contributed by atoms with Gasteiger partial charge in [-0.15, -0.1) is 0 Å². The summed E-state index contributed by atoms with van der Waals surface area (Å²) in [5.41, 5.74) is -0.915. The van der Waals surface area contributed by atoms with E-state index in [1.807, 2.05) is 27.7 Å². The van der Waals surface area contributed by atoms with Crippen LogP contribution >= 0.6 is 0 Å². The fraction of sp³-hybridized carbons (Fsp3) is 0.900. The van der Waals surface area contributed by atoms with Crippen molar-refractivity contribution in [2.75, 3.05) is 6.61 Å². The molecule has 14 heavy (non-hydrogen) atoms. The Morgan fingerprint density at radius 1 is 1.64 bits per heavy atom. The first-order valence-electron chi connectivity index (χ1n) is 4.91. The molecule has 0 unspecified atom stereocenters. The van der Waals surface area contributed by atoms with Crippen molar-refractivity contribution in [2.45, 2.75) is 45.3 Å². The topological polar surface area (TPSA) is 58.6 Å². The Morgan fingerprint density at radius 2 is 2.14 bits per heavy atom. The summed E-state index contributed by atoms with van der Waals surface area (Å²) in [6.45, 7) is 7.42. The number of amides is 1. The van der Waals surface area contributed by atoms with Gasteiger partial charge in [-0.3, -0.25) is 0 Å². The van der Waals surface area contributed by atoms with E-state index in [0.717, 1.165) is 6.42 Å². The van der Waals surface area contributed by atoms with Gasteiger partial charge in [0.05, 0.1) is 12.1 Å². The lowest BCUT2D eigenvalue weighted by Crippen LogP contribution is -2.43. The monoisotopic (exact) mass is 201 g/mol. The van der Waals surface area contributed by atoms with E-state index in [1.165, 1.54) is 0 Å². The molecule has 0 aliphatic heterocycles. The van der Waals surface area contributed by atoms with Crippen LogP contribution < -0.4 is 5.32 Å². The van der Waals surface area contributed by atoms with E-state index in [9.17, 15) is 4.79 Å². The Bertz CT molecular complexity index is 230. The summed E-state index contributed by atoms with van der Waals surface area (Å²) in [7, 11) is 0. The molecule has 0 aromatic carbocycles. The second-order valence-corrected chi connectivity index (χ2v) is 5.05. The highest BCUT2D eigenvalue weighted by molar-refractivity contribution is 5.69. The third-order valence-corrected chi connectivity index (χ3v) is 2.49. The van der Waals surface area contributed by atoms with E-state index < -0.39 is 17.2 Å². The van der Waals surface area contributed by atoms with Gasteiger partial charge in [0.1, 0.15) is 5.60 Å². The van der Waals surface area contributed by atoms with Gasteiger partial charge >= 0.3 is 6.09 Å². The van der Waals surface area contributed by atoms with Gasteiger partial charge in [0.25, 0.3) is 0 Å². The van der Waals surface area contributed by atoms with E-state index in [-0.39, 0.29) is 6.61 Å². The van der Waals surface area contributed by atoms with Crippen molar-refractivity contribution < 1.29 is 14.6 Å².